The number of carbonyl (C=O) groups is 1. The third kappa shape index (κ3) is 3.44. The van der Waals surface area contributed by atoms with Gasteiger partial charge in [0, 0.05) is 32.8 Å². The van der Waals surface area contributed by atoms with E-state index in [1.165, 1.54) is 5.56 Å². The highest BCUT2D eigenvalue weighted by Crippen LogP contribution is 2.26. The van der Waals surface area contributed by atoms with E-state index in [2.05, 4.69) is 16.4 Å². The summed E-state index contributed by atoms with van der Waals surface area (Å²) in [5.74, 6) is 1.82. The van der Waals surface area contributed by atoms with E-state index in [4.69, 9.17) is 4.74 Å². The Labute approximate surface area is 136 Å². The maximum atomic E-state index is 12.4. The molecule has 5 heteroatoms. The van der Waals surface area contributed by atoms with Crippen molar-refractivity contribution in [3.8, 4) is 5.75 Å². The fourth-order valence-corrected chi connectivity index (χ4v) is 2.78. The van der Waals surface area contributed by atoms with Gasteiger partial charge < -0.3 is 15.0 Å². The van der Waals surface area contributed by atoms with Gasteiger partial charge >= 0.3 is 0 Å². The van der Waals surface area contributed by atoms with Gasteiger partial charge in [0.2, 0.25) is 0 Å². The molecule has 1 atom stereocenters. The van der Waals surface area contributed by atoms with Gasteiger partial charge in [-0.1, -0.05) is 18.2 Å². The van der Waals surface area contributed by atoms with Crippen molar-refractivity contribution in [3.05, 3.63) is 53.7 Å². The number of rotatable bonds is 4. The fourth-order valence-electron chi connectivity index (χ4n) is 2.78. The molecule has 23 heavy (non-hydrogen) atoms. The highest BCUT2D eigenvalue weighted by Gasteiger charge is 2.21. The molecule has 1 N–H and O–H groups in total. The molecular weight excluding hydrogens is 290 g/mol. The van der Waals surface area contributed by atoms with E-state index in [9.17, 15) is 4.79 Å². The lowest BCUT2D eigenvalue weighted by molar-refractivity contribution is 0.0939. The summed E-state index contributed by atoms with van der Waals surface area (Å²) < 4.78 is 5.76. The molecule has 0 fully saturated rings. The minimum absolute atomic E-state index is 0.0966. The van der Waals surface area contributed by atoms with Crippen LogP contribution in [0.2, 0.25) is 0 Å². The topological polar surface area (TPSA) is 54.5 Å². The van der Waals surface area contributed by atoms with Gasteiger partial charge in [-0.3, -0.25) is 4.79 Å². The van der Waals surface area contributed by atoms with Crippen molar-refractivity contribution in [1.29, 1.82) is 0 Å². The minimum Gasteiger partial charge on any atom is -0.493 e. The van der Waals surface area contributed by atoms with E-state index in [1.807, 2.05) is 37.2 Å². The van der Waals surface area contributed by atoms with Crippen molar-refractivity contribution in [2.75, 3.05) is 32.1 Å². The second kappa shape index (κ2) is 6.69. The van der Waals surface area contributed by atoms with Crippen LogP contribution in [0, 0.1) is 5.92 Å². The number of fused-ring (bicyclic) bond motifs is 1. The Bertz CT molecular complexity index is 700. The second-order valence-corrected chi connectivity index (χ2v) is 5.97. The first-order chi connectivity index (χ1) is 11.1. The van der Waals surface area contributed by atoms with E-state index in [0.29, 0.717) is 24.5 Å². The van der Waals surface area contributed by atoms with Crippen LogP contribution in [0.3, 0.4) is 0 Å². The number of hydrogen-bond donors (Lipinski definition) is 1. The zero-order valence-electron chi connectivity index (χ0n) is 13.5. The Kier molecular flexibility index (Phi) is 4.46. The zero-order chi connectivity index (χ0) is 16.2. The molecule has 0 aliphatic carbocycles. The molecule has 2 aromatic rings. The molecule has 0 unspecified atom stereocenters. The maximum Gasteiger partial charge on any atom is 0.255 e. The van der Waals surface area contributed by atoms with Gasteiger partial charge in [0.25, 0.3) is 5.91 Å². The molecule has 1 aliphatic rings. The lowest BCUT2D eigenvalue weighted by Gasteiger charge is -2.25. The summed E-state index contributed by atoms with van der Waals surface area (Å²) in [6.07, 6.45) is 2.61. The molecular formula is C18H21N3O2. The van der Waals surface area contributed by atoms with Crippen LogP contribution in [-0.2, 0) is 6.42 Å². The standard InChI is InChI=1S/C18H21N3O2/c1-21(2)17-15(7-5-9-19-17)18(22)20-11-13-10-14-6-3-4-8-16(14)23-12-13/h3-9,13H,10-12H2,1-2H3,(H,20,22)/t13-/m1/s1. The van der Waals surface area contributed by atoms with Crippen LogP contribution < -0.4 is 15.0 Å². The van der Waals surface area contributed by atoms with Crippen molar-refractivity contribution >= 4 is 11.7 Å². The van der Waals surface area contributed by atoms with Crippen LogP contribution in [0.15, 0.2) is 42.6 Å². The van der Waals surface area contributed by atoms with Crippen molar-refractivity contribution in [1.82, 2.24) is 10.3 Å². The Morgan fingerprint density at radius 2 is 2.13 bits per heavy atom. The average molecular weight is 311 g/mol. The molecule has 1 aromatic heterocycles. The van der Waals surface area contributed by atoms with Crippen LogP contribution in [0.25, 0.3) is 0 Å². The first-order valence-electron chi connectivity index (χ1n) is 7.76. The number of pyridine rings is 1. The number of nitrogens with one attached hydrogen (secondary N) is 1. The average Bonchev–Trinajstić information content (AvgIpc) is 2.59. The Morgan fingerprint density at radius 3 is 2.96 bits per heavy atom. The van der Waals surface area contributed by atoms with Crippen LogP contribution in [0.5, 0.6) is 5.75 Å². The molecule has 3 rings (SSSR count). The van der Waals surface area contributed by atoms with Gasteiger partial charge in [-0.05, 0) is 30.2 Å². The maximum absolute atomic E-state index is 12.4. The first-order valence-corrected chi connectivity index (χ1v) is 7.76. The number of amides is 1. The highest BCUT2D eigenvalue weighted by molar-refractivity contribution is 5.98. The largest absolute Gasteiger partial charge is 0.493 e. The number of benzene rings is 1. The molecule has 1 aliphatic heterocycles. The molecule has 2 heterocycles. The lowest BCUT2D eigenvalue weighted by atomic mass is 9.96. The molecule has 1 amide bonds. The van der Waals surface area contributed by atoms with E-state index in [0.717, 1.165) is 12.2 Å². The summed E-state index contributed by atoms with van der Waals surface area (Å²) in [6, 6.07) is 11.6. The third-order valence-corrected chi connectivity index (χ3v) is 3.96. The Hall–Kier alpha value is -2.56. The van der Waals surface area contributed by atoms with Crippen molar-refractivity contribution in [3.63, 3.8) is 0 Å². The molecule has 0 saturated carbocycles. The second-order valence-electron chi connectivity index (χ2n) is 5.97. The number of nitrogens with zero attached hydrogens (tertiary/aromatic N) is 2. The van der Waals surface area contributed by atoms with Crippen LogP contribution >= 0.6 is 0 Å². The monoisotopic (exact) mass is 311 g/mol. The number of hydrogen-bond acceptors (Lipinski definition) is 4. The van der Waals surface area contributed by atoms with Gasteiger partial charge in [-0.25, -0.2) is 4.98 Å². The summed E-state index contributed by atoms with van der Waals surface area (Å²) in [4.78, 5) is 18.5. The van der Waals surface area contributed by atoms with Gasteiger partial charge in [0.05, 0.1) is 12.2 Å². The number of ether oxygens (including phenoxy) is 1. The van der Waals surface area contributed by atoms with Gasteiger partial charge in [0.1, 0.15) is 11.6 Å². The predicted molar refractivity (Wildman–Crippen MR) is 90.0 cm³/mol. The zero-order valence-corrected chi connectivity index (χ0v) is 13.5. The number of anilines is 1. The number of aromatic nitrogens is 1. The lowest BCUT2D eigenvalue weighted by Crippen LogP contribution is -2.35. The molecule has 0 bridgehead atoms. The molecule has 0 radical (unpaired) electrons. The van der Waals surface area contributed by atoms with Gasteiger partial charge in [-0.2, -0.15) is 0 Å². The fraction of sp³-hybridized carbons (Fsp3) is 0.333. The predicted octanol–water partition coefficient (Wildman–Crippen LogP) is 2.13. The molecule has 120 valence electrons. The van der Waals surface area contributed by atoms with Gasteiger partial charge in [-0.15, -0.1) is 0 Å². The summed E-state index contributed by atoms with van der Waals surface area (Å²) in [6.45, 7) is 1.22. The summed E-state index contributed by atoms with van der Waals surface area (Å²) in [7, 11) is 3.76. The summed E-state index contributed by atoms with van der Waals surface area (Å²) >= 11 is 0. The molecule has 1 aromatic carbocycles. The van der Waals surface area contributed by atoms with E-state index in [1.54, 1.807) is 18.3 Å². The third-order valence-electron chi connectivity index (χ3n) is 3.96. The normalized spacial score (nSPS) is 16.2. The smallest absolute Gasteiger partial charge is 0.255 e. The minimum atomic E-state index is -0.0966. The molecule has 0 saturated heterocycles. The van der Waals surface area contributed by atoms with Crippen molar-refractivity contribution in [2.45, 2.75) is 6.42 Å². The van der Waals surface area contributed by atoms with E-state index >= 15 is 0 Å². The Balaban J connectivity index is 1.62. The highest BCUT2D eigenvalue weighted by atomic mass is 16.5. The Morgan fingerprint density at radius 1 is 1.30 bits per heavy atom. The molecule has 0 spiro atoms. The van der Waals surface area contributed by atoms with Crippen LogP contribution in [0.1, 0.15) is 15.9 Å². The summed E-state index contributed by atoms with van der Waals surface area (Å²) in [5.41, 5.74) is 1.79. The van der Waals surface area contributed by atoms with Crippen LogP contribution in [-0.4, -0.2) is 38.1 Å². The number of carbonyl (C=O) groups excluding carboxylic acids is 1. The SMILES string of the molecule is CN(C)c1ncccc1C(=O)NC[C@@H]1COc2ccccc2C1. The van der Waals surface area contributed by atoms with Crippen LogP contribution in [0.4, 0.5) is 5.82 Å². The molecule has 5 nitrogen and oxygen atoms in total. The van der Waals surface area contributed by atoms with Gasteiger partial charge in [0.15, 0.2) is 0 Å². The first kappa shape index (κ1) is 15.3. The summed E-state index contributed by atoms with van der Waals surface area (Å²) in [5, 5.41) is 3.01. The van der Waals surface area contributed by atoms with E-state index < -0.39 is 0 Å². The number of para-hydroxylation sites is 1. The van der Waals surface area contributed by atoms with Crippen molar-refractivity contribution in [2.24, 2.45) is 5.92 Å². The van der Waals surface area contributed by atoms with Crippen molar-refractivity contribution < 1.29 is 9.53 Å². The quantitative estimate of drug-likeness (QED) is 0.940. The van der Waals surface area contributed by atoms with E-state index in [-0.39, 0.29) is 11.8 Å².